The lowest BCUT2D eigenvalue weighted by atomic mass is 10.3. The molecular formula is C14H20N4O2. The highest BCUT2D eigenvalue weighted by molar-refractivity contribution is 5.40. The van der Waals surface area contributed by atoms with Crippen molar-refractivity contribution in [1.29, 1.82) is 0 Å². The largest absolute Gasteiger partial charge is 0.383 e. The fourth-order valence-electron chi connectivity index (χ4n) is 1.97. The highest BCUT2D eigenvalue weighted by Gasteiger charge is 2.02. The molecule has 108 valence electrons. The van der Waals surface area contributed by atoms with E-state index >= 15 is 0 Å². The van der Waals surface area contributed by atoms with E-state index in [1.807, 2.05) is 18.7 Å². The van der Waals surface area contributed by atoms with Crippen LogP contribution in [-0.2, 0) is 24.4 Å². The molecule has 0 bridgehead atoms. The fraction of sp³-hybridized carbons (Fsp3) is 0.429. The van der Waals surface area contributed by atoms with Gasteiger partial charge in [-0.25, -0.2) is 4.98 Å². The molecule has 20 heavy (non-hydrogen) atoms. The summed E-state index contributed by atoms with van der Waals surface area (Å²) in [5.74, 6) is 0. The van der Waals surface area contributed by atoms with E-state index < -0.39 is 0 Å². The molecule has 2 heterocycles. The van der Waals surface area contributed by atoms with Crippen molar-refractivity contribution < 1.29 is 4.74 Å². The number of rotatable bonds is 7. The molecule has 6 nitrogen and oxygen atoms in total. The second kappa shape index (κ2) is 6.91. The van der Waals surface area contributed by atoms with Gasteiger partial charge < -0.3 is 19.2 Å². The molecule has 0 aliphatic heterocycles. The number of pyridine rings is 1. The Kier molecular flexibility index (Phi) is 4.95. The summed E-state index contributed by atoms with van der Waals surface area (Å²) in [5.41, 5.74) is 2.00. The molecule has 0 saturated heterocycles. The summed E-state index contributed by atoms with van der Waals surface area (Å²) in [6.45, 7) is 4.72. The van der Waals surface area contributed by atoms with E-state index in [0.29, 0.717) is 19.7 Å². The van der Waals surface area contributed by atoms with Crippen LogP contribution in [0.15, 0.2) is 35.6 Å². The van der Waals surface area contributed by atoms with Crippen molar-refractivity contribution in [3.8, 4) is 0 Å². The van der Waals surface area contributed by atoms with Crippen LogP contribution in [0.2, 0.25) is 0 Å². The van der Waals surface area contributed by atoms with E-state index in [1.54, 1.807) is 23.8 Å². The molecule has 0 spiro atoms. The Morgan fingerprint density at radius 3 is 2.95 bits per heavy atom. The van der Waals surface area contributed by atoms with Crippen molar-refractivity contribution in [2.45, 2.75) is 26.6 Å². The van der Waals surface area contributed by atoms with E-state index in [-0.39, 0.29) is 5.56 Å². The van der Waals surface area contributed by atoms with Gasteiger partial charge in [-0.1, -0.05) is 0 Å². The van der Waals surface area contributed by atoms with Crippen molar-refractivity contribution in [2.75, 3.05) is 19.0 Å². The molecule has 0 aliphatic carbocycles. The summed E-state index contributed by atoms with van der Waals surface area (Å²) in [7, 11) is 1.62. The van der Waals surface area contributed by atoms with Crippen LogP contribution < -0.4 is 10.9 Å². The molecule has 2 rings (SSSR count). The number of aryl methyl sites for hydroxylation is 1. The van der Waals surface area contributed by atoms with Gasteiger partial charge in [-0.15, -0.1) is 0 Å². The first-order valence-electron chi connectivity index (χ1n) is 6.67. The highest BCUT2D eigenvalue weighted by atomic mass is 16.5. The lowest BCUT2D eigenvalue weighted by Gasteiger charge is -2.11. The molecule has 0 saturated carbocycles. The number of methoxy groups -OCH3 is 1. The van der Waals surface area contributed by atoms with Crippen LogP contribution in [0.25, 0.3) is 0 Å². The second-order valence-corrected chi connectivity index (χ2v) is 4.47. The minimum atomic E-state index is -0.0220. The summed E-state index contributed by atoms with van der Waals surface area (Å²) < 4.78 is 8.72. The SMILES string of the molecule is CCn1cncc1CNc1ccc(=O)n(CCOC)c1. The van der Waals surface area contributed by atoms with E-state index in [9.17, 15) is 4.79 Å². The van der Waals surface area contributed by atoms with Crippen LogP contribution in [0.4, 0.5) is 5.69 Å². The monoisotopic (exact) mass is 276 g/mol. The topological polar surface area (TPSA) is 61.1 Å². The fourth-order valence-corrected chi connectivity index (χ4v) is 1.97. The number of hydrogen-bond donors (Lipinski definition) is 1. The third kappa shape index (κ3) is 3.48. The minimum absolute atomic E-state index is 0.0220. The maximum atomic E-state index is 11.7. The summed E-state index contributed by atoms with van der Waals surface area (Å²) in [5, 5.41) is 3.30. The summed E-state index contributed by atoms with van der Waals surface area (Å²) in [6, 6.07) is 3.35. The molecule has 0 unspecified atom stereocenters. The maximum absolute atomic E-state index is 11.7. The molecule has 0 fully saturated rings. The molecule has 2 aromatic heterocycles. The highest BCUT2D eigenvalue weighted by Crippen LogP contribution is 2.07. The van der Waals surface area contributed by atoms with Gasteiger partial charge in [-0.3, -0.25) is 4.79 Å². The lowest BCUT2D eigenvalue weighted by Crippen LogP contribution is -2.21. The minimum Gasteiger partial charge on any atom is -0.383 e. The van der Waals surface area contributed by atoms with Gasteiger partial charge in [0.05, 0.1) is 30.9 Å². The molecule has 0 amide bonds. The number of nitrogens with one attached hydrogen (secondary N) is 1. The van der Waals surface area contributed by atoms with Crippen molar-refractivity contribution >= 4 is 5.69 Å². The first kappa shape index (κ1) is 14.3. The molecule has 1 N–H and O–H groups in total. The number of imidazole rings is 1. The quantitative estimate of drug-likeness (QED) is 0.828. The zero-order valence-corrected chi connectivity index (χ0v) is 11.9. The van der Waals surface area contributed by atoms with Crippen LogP contribution in [0.3, 0.4) is 0 Å². The first-order chi connectivity index (χ1) is 9.74. The second-order valence-electron chi connectivity index (χ2n) is 4.47. The van der Waals surface area contributed by atoms with E-state index in [0.717, 1.165) is 17.9 Å². The van der Waals surface area contributed by atoms with Gasteiger partial charge in [-0.2, -0.15) is 0 Å². The molecule has 0 radical (unpaired) electrons. The van der Waals surface area contributed by atoms with Gasteiger partial charge in [0.1, 0.15) is 0 Å². The number of aromatic nitrogens is 3. The predicted octanol–water partition coefficient (Wildman–Crippen LogP) is 1.32. The standard InChI is InChI=1S/C14H20N4O2/c1-3-17-11-15-8-13(17)9-16-12-4-5-14(19)18(10-12)6-7-20-2/h4-5,8,10-11,16H,3,6-7,9H2,1-2H3. The van der Waals surface area contributed by atoms with Crippen LogP contribution in [0.5, 0.6) is 0 Å². The van der Waals surface area contributed by atoms with Gasteiger partial charge in [-0.05, 0) is 13.0 Å². The Balaban J connectivity index is 2.04. The normalized spacial score (nSPS) is 10.7. The third-order valence-corrected chi connectivity index (χ3v) is 3.13. The molecule has 0 atom stereocenters. The third-order valence-electron chi connectivity index (χ3n) is 3.13. The number of anilines is 1. The number of hydrogen-bond acceptors (Lipinski definition) is 4. The Hall–Kier alpha value is -2.08. The van der Waals surface area contributed by atoms with E-state index in [4.69, 9.17) is 4.74 Å². The van der Waals surface area contributed by atoms with E-state index in [1.165, 1.54) is 0 Å². The maximum Gasteiger partial charge on any atom is 0.250 e. The molecular weight excluding hydrogens is 256 g/mol. The zero-order chi connectivity index (χ0) is 14.4. The van der Waals surface area contributed by atoms with Crippen LogP contribution in [0, 0.1) is 0 Å². The Bertz CT molecular complexity index is 603. The zero-order valence-electron chi connectivity index (χ0n) is 11.9. The Labute approximate surface area is 118 Å². The molecule has 0 aliphatic rings. The van der Waals surface area contributed by atoms with Gasteiger partial charge in [0.25, 0.3) is 5.56 Å². The first-order valence-corrected chi connectivity index (χ1v) is 6.67. The van der Waals surface area contributed by atoms with Crippen molar-refractivity contribution in [3.05, 3.63) is 46.9 Å². The molecule has 2 aromatic rings. The summed E-state index contributed by atoms with van der Waals surface area (Å²) in [4.78, 5) is 15.8. The number of nitrogens with zero attached hydrogens (tertiary/aromatic N) is 3. The van der Waals surface area contributed by atoms with Gasteiger partial charge in [0.15, 0.2) is 0 Å². The van der Waals surface area contributed by atoms with E-state index in [2.05, 4.69) is 21.8 Å². The van der Waals surface area contributed by atoms with Gasteiger partial charge in [0, 0.05) is 38.7 Å². The van der Waals surface area contributed by atoms with Gasteiger partial charge >= 0.3 is 0 Å². The smallest absolute Gasteiger partial charge is 0.250 e. The number of ether oxygens (including phenoxy) is 1. The lowest BCUT2D eigenvalue weighted by molar-refractivity contribution is 0.186. The molecule has 6 heteroatoms. The van der Waals surface area contributed by atoms with Crippen molar-refractivity contribution in [2.24, 2.45) is 0 Å². The van der Waals surface area contributed by atoms with Gasteiger partial charge in [0.2, 0.25) is 0 Å². The van der Waals surface area contributed by atoms with Crippen LogP contribution >= 0.6 is 0 Å². The van der Waals surface area contributed by atoms with Crippen molar-refractivity contribution in [1.82, 2.24) is 14.1 Å². The Morgan fingerprint density at radius 1 is 1.35 bits per heavy atom. The summed E-state index contributed by atoms with van der Waals surface area (Å²) in [6.07, 6.45) is 5.47. The predicted molar refractivity (Wildman–Crippen MR) is 77.8 cm³/mol. The Morgan fingerprint density at radius 2 is 2.20 bits per heavy atom. The average Bonchev–Trinajstić information content (AvgIpc) is 2.92. The van der Waals surface area contributed by atoms with Crippen LogP contribution in [-0.4, -0.2) is 27.8 Å². The van der Waals surface area contributed by atoms with Crippen molar-refractivity contribution in [3.63, 3.8) is 0 Å². The molecule has 0 aromatic carbocycles. The summed E-state index contributed by atoms with van der Waals surface area (Å²) >= 11 is 0. The average molecular weight is 276 g/mol. The van der Waals surface area contributed by atoms with Crippen LogP contribution in [0.1, 0.15) is 12.6 Å².